The molecule has 28 heavy (non-hydrogen) atoms. The van der Waals surface area contributed by atoms with Gasteiger partial charge in [-0.1, -0.05) is 18.2 Å². The number of hydrogen-bond donors (Lipinski definition) is 1. The number of hydrogen-bond acceptors (Lipinski definition) is 5. The maximum atomic E-state index is 13.9. The molecule has 2 aromatic rings. The molecular formula is C20H19FN2O5. The first kappa shape index (κ1) is 19.2. The van der Waals surface area contributed by atoms with Gasteiger partial charge in [0.25, 0.3) is 5.91 Å². The van der Waals surface area contributed by atoms with Gasteiger partial charge in [-0.2, -0.15) is 0 Å². The van der Waals surface area contributed by atoms with E-state index in [1.54, 1.807) is 18.2 Å². The molecule has 8 heteroatoms. The first-order valence-electron chi connectivity index (χ1n) is 8.36. The Balaban J connectivity index is 1.95. The molecule has 1 aliphatic heterocycles. The van der Waals surface area contributed by atoms with Gasteiger partial charge in [-0.15, -0.1) is 0 Å². The Kier molecular flexibility index (Phi) is 5.49. The minimum absolute atomic E-state index is 0.0307. The van der Waals surface area contributed by atoms with Crippen molar-refractivity contribution in [1.29, 1.82) is 0 Å². The van der Waals surface area contributed by atoms with Crippen molar-refractivity contribution in [3.05, 3.63) is 59.0 Å². The average molecular weight is 386 g/mol. The summed E-state index contributed by atoms with van der Waals surface area (Å²) in [5.74, 6) is 0.252. The number of imide groups is 1. The maximum Gasteiger partial charge on any atom is 0.329 e. The fourth-order valence-corrected chi connectivity index (χ4v) is 2.83. The van der Waals surface area contributed by atoms with Crippen LogP contribution in [0.5, 0.6) is 17.2 Å². The van der Waals surface area contributed by atoms with E-state index in [9.17, 15) is 14.0 Å². The number of rotatable bonds is 6. The van der Waals surface area contributed by atoms with Crippen LogP contribution < -0.4 is 19.5 Å². The summed E-state index contributed by atoms with van der Waals surface area (Å²) < 4.78 is 29.8. The predicted octanol–water partition coefficient (Wildman–Crippen LogP) is 2.94. The molecule has 7 nitrogen and oxygen atoms in total. The van der Waals surface area contributed by atoms with E-state index in [1.807, 2.05) is 0 Å². The second kappa shape index (κ2) is 7.99. The van der Waals surface area contributed by atoms with Gasteiger partial charge >= 0.3 is 6.03 Å². The SMILES string of the molecule is COc1cc(OC)c(/C=C2/NC(=O)N(Cc3ccccc3F)C2=O)c(OC)c1. The van der Waals surface area contributed by atoms with Gasteiger partial charge in [-0.25, -0.2) is 9.18 Å². The van der Waals surface area contributed by atoms with Crippen LogP contribution in [0, 0.1) is 5.82 Å². The van der Waals surface area contributed by atoms with Crippen molar-refractivity contribution in [3.63, 3.8) is 0 Å². The number of ether oxygens (including phenoxy) is 3. The Bertz CT molecular complexity index is 932. The summed E-state index contributed by atoms with van der Waals surface area (Å²) in [5, 5.41) is 2.51. The number of carbonyl (C=O) groups is 2. The number of carbonyl (C=O) groups excluding carboxylic acids is 2. The van der Waals surface area contributed by atoms with Crippen molar-refractivity contribution in [2.75, 3.05) is 21.3 Å². The Hall–Kier alpha value is -3.55. The minimum Gasteiger partial charge on any atom is -0.496 e. The number of methoxy groups -OCH3 is 3. The van der Waals surface area contributed by atoms with Crippen LogP contribution >= 0.6 is 0 Å². The molecule has 0 spiro atoms. The third-order valence-corrected chi connectivity index (χ3v) is 4.29. The number of benzene rings is 2. The lowest BCUT2D eigenvalue weighted by Gasteiger charge is -2.13. The molecule has 3 amide bonds. The monoisotopic (exact) mass is 386 g/mol. The summed E-state index contributed by atoms with van der Waals surface area (Å²) in [6.45, 7) is -0.175. The molecular weight excluding hydrogens is 367 g/mol. The quantitative estimate of drug-likeness (QED) is 0.610. The predicted molar refractivity (Wildman–Crippen MR) is 99.6 cm³/mol. The van der Waals surface area contributed by atoms with Gasteiger partial charge in [0, 0.05) is 17.7 Å². The number of halogens is 1. The fourth-order valence-electron chi connectivity index (χ4n) is 2.83. The lowest BCUT2D eigenvalue weighted by atomic mass is 10.1. The van der Waals surface area contributed by atoms with Crippen molar-refractivity contribution in [3.8, 4) is 17.2 Å². The van der Waals surface area contributed by atoms with Crippen molar-refractivity contribution in [2.24, 2.45) is 0 Å². The molecule has 1 aliphatic rings. The lowest BCUT2D eigenvalue weighted by molar-refractivity contribution is -0.123. The van der Waals surface area contributed by atoms with Crippen LogP contribution in [0.25, 0.3) is 6.08 Å². The van der Waals surface area contributed by atoms with Gasteiger partial charge in [-0.3, -0.25) is 9.69 Å². The smallest absolute Gasteiger partial charge is 0.329 e. The molecule has 0 radical (unpaired) electrons. The van der Waals surface area contributed by atoms with Gasteiger partial charge in [-0.05, 0) is 12.1 Å². The standard InChI is InChI=1S/C20H19FN2O5/c1-26-13-8-17(27-2)14(18(9-13)28-3)10-16-19(24)23(20(25)22-16)11-12-6-4-5-7-15(12)21/h4-10H,11H2,1-3H3,(H,22,25)/b16-10+. The fraction of sp³-hybridized carbons (Fsp3) is 0.200. The van der Waals surface area contributed by atoms with E-state index in [4.69, 9.17) is 14.2 Å². The topological polar surface area (TPSA) is 77.1 Å². The summed E-state index contributed by atoms with van der Waals surface area (Å²) in [4.78, 5) is 25.9. The highest BCUT2D eigenvalue weighted by Crippen LogP contribution is 2.36. The summed E-state index contributed by atoms with van der Waals surface area (Å²) in [6, 6.07) is 8.61. The van der Waals surface area contributed by atoms with Gasteiger partial charge in [0.2, 0.25) is 0 Å². The molecule has 1 fully saturated rings. The molecule has 0 saturated carbocycles. The van der Waals surface area contributed by atoms with Gasteiger partial charge in [0.05, 0.1) is 33.4 Å². The summed E-state index contributed by atoms with van der Waals surface area (Å²) in [6.07, 6.45) is 1.46. The number of urea groups is 1. The Morgan fingerprint density at radius 1 is 1.04 bits per heavy atom. The summed E-state index contributed by atoms with van der Waals surface area (Å²) in [7, 11) is 4.44. The second-order valence-corrected chi connectivity index (χ2v) is 5.92. The van der Waals surface area contributed by atoms with Crippen LogP contribution in [0.4, 0.5) is 9.18 Å². The normalized spacial score (nSPS) is 15.0. The van der Waals surface area contributed by atoms with E-state index < -0.39 is 17.8 Å². The van der Waals surface area contributed by atoms with Gasteiger partial charge in [0.15, 0.2) is 0 Å². The van der Waals surface area contributed by atoms with Gasteiger partial charge < -0.3 is 19.5 Å². The van der Waals surface area contributed by atoms with Crippen molar-refractivity contribution in [2.45, 2.75) is 6.54 Å². The molecule has 0 aromatic heterocycles. The number of nitrogens with one attached hydrogen (secondary N) is 1. The molecule has 1 saturated heterocycles. The molecule has 1 heterocycles. The van der Waals surface area contributed by atoms with E-state index in [2.05, 4.69) is 5.32 Å². The maximum absolute atomic E-state index is 13.9. The lowest BCUT2D eigenvalue weighted by Crippen LogP contribution is -2.30. The third kappa shape index (κ3) is 3.62. The highest BCUT2D eigenvalue weighted by molar-refractivity contribution is 6.14. The van der Waals surface area contributed by atoms with Crippen LogP contribution in [-0.2, 0) is 11.3 Å². The van der Waals surface area contributed by atoms with Crippen LogP contribution in [0.3, 0.4) is 0 Å². The van der Waals surface area contributed by atoms with Crippen molar-refractivity contribution >= 4 is 18.0 Å². The van der Waals surface area contributed by atoms with Crippen molar-refractivity contribution < 1.29 is 28.2 Å². The zero-order chi connectivity index (χ0) is 20.3. The summed E-state index contributed by atoms with van der Waals surface area (Å²) in [5.41, 5.74) is 0.733. The number of amides is 3. The molecule has 146 valence electrons. The first-order valence-corrected chi connectivity index (χ1v) is 8.36. The third-order valence-electron chi connectivity index (χ3n) is 4.29. The van der Waals surface area contributed by atoms with E-state index in [-0.39, 0.29) is 17.8 Å². The zero-order valence-corrected chi connectivity index (χ0v) is 15.6. The van der Waals surface area contributed by atoms with Gasteiger partial charge in [0.1, 0.15) is 28.8 Å². The van der Waals surface area contributed by atoms with E-state index in [0.717, 1.165) is 4.90 Å². The van der Waals surface area contributed by atoms with Crippen LogP contribution in [0.1, 0.15) is 11.1 Å². The summed E-state index contributed by atoms with van der Waals surface area (Å²) >= 11 is 0. The molecule has 0 bridgehead atoms. The highest BCUT2D eigenvalue weighted by atomic mass is 19.1. The number of nitrogens with zero attached hydrogens (tertiary/aromatic N) is 1. The largest absolute Gasteiger partial charge is 0.496 e. The average Bonchev–Trinajstić information content (AvgIpc) is 2.97. The molecule has 3 rings (SSSR count). The van der Waals surface area contributed by atoms with Crippen molar-refractivity contribution in [1.82, 2.24) is 10.2 Å². The molecule has 0 atom stereocenters. The first-order chi connectivity index (χ1) is 13.5. The van der Waals surface area contributed by atoms with E-state index in [1.165, 1.54) is 45.6 Å². The molecule has 2 aromatic carbocycles. The molecule has 0 unspecified atom stereocenters. The Labute approximate surface area is 161 Å². The van der Waals surface area contributed by atoms with Crippen LogP contribution in [0.15, 0.2) is 42.1 Å². The second-order valence-electron chi connectivity index (χ2n) is 5.92. The zero-order valence-electron chi connectivity index (χ0n) is 15.6. The minimum atomic E-state index is -0.633. The molecule has 1 N–H and O–H groups in total. The Morgan fingerprint density at radius 3 is 2.25 bits per heavy atom. The van der Waals surface area contributed by atoms with Crippen LogP contribution in [0.2, 0.25) is 0 Å². The van der Waals surface area contributed by atoms with E-state index >= 15 is 0 Å². The van der Waals surface area contributed by atoms with E-state index in [0.29, 0.717) is 22.8 Å². The highest BCUT2D eigenvalue weighted by Gasteiger charge is 2.34. The molecule has 0 aliphatic carbocycles. The van der Waals surface area contributed by atoms with Crippen LogP contribution in [-0.4, -0.2) is 38.2 Å². The Morgan fingerprint density at radius 2 is 1.68 bits per heavy atom.